The zero-order chi connectivity index (χ0) is 15.3. The zero-order valence-corrected chi connectivity index (χ0v) is 13.5. The number of sulfonamides is 1. The Kier molecular flexibility index (Phi) is 5.61. The number of ether oxygens (including phenoxy) is 1. The largest absolute Gasteiger partial charge is 0.385 e. The summed E-state index contributed by atoms with van der Waals surface area (Å²) in [7, 11) is -1.84. The third kappa shape index (κ3) is 4.69. The lowest BCUT2D eigenvalue weighted by atomic mass is 10.3. The SMILES string of the molecule is CCNc1ccc(S(=O)(=O)N(C)CCOCC2CC2)cc1. The molecule has 0 saturated heterocycles. The van der Waals surface area contributed by atoms with E-state index < -0.39 is 10.0 Å². The van der Waals surface area contributed by atoms with Gasteiger partial charge in [-0.15, -0.1) is 0 Å². The summed E-state index contributed by atoms with van der Waals surface area (Å²) >= 11 is 0. The highest BCUT2D eigenvalue weighted by Gasteiger charge is 2.23. The van der Waals surface area contributed by atoms with Crippen molar-refractivity contribution in [2.75, 3.05) is 38.7 Å². The van der Waals surface area contributed by atoms with Crippen LogP contribution in [-0.4, -0.2) is 46.1 Å². The fourth-order valence-electron chi connectivity index (χ4n) is 1.98. The van der Waals surface area contributed by atoms with Crippen molar-refractivity contribution in [1.82, 2.24) is 4.31 Å². The Labute approximate surface area is 127 Å². The fraction of sp³-hybridized carbons (Fsp3) is 0.600. The topological polar surface area (TPSA) is 58.6 Å². The van der Waals surface area contributed by atoms with Gasteiger partial charge in [-0.25, -0.2) is 8.42 Å². The monoisotopic (exact) mass is 312 g/mol. The van der Waals surface area contributed by atoms with Gasteiger partial charge in [-0.3, -0.25) is 0 Å². The summed E-state index contributed by atoms with van der Waals surface area (Å²) in [5, 5.41) is 3.15. The molecule has 5 nitrogen and oxygen atoms in total. The minimum atomic E-state index is -3.43. The average Bonchev–Trinajstić information content (AvgIpc) is 3.28. The van der Waals surface area contributed by atoms with E-state index in [1.165, 1.54) is 17.1 Å². The molecular weight excluding hydrogens is 288 g/mol. The number of anilines is 1. The van der Waals surface area contributed by atoms with E-state index in [2.05, 4.69) is 5.32 Å². The quantitative estimate of drug-likeness (QED) is 0.710. The summed E-state index contributed by atoms with van der Waals surface area (Å²) in [5.74, 6) is 0.700. The van der Waals surface area contributed by atoms with Crippen LogP contribution in [0.5, 0.6) is 0 Å². The van der Waals surface area contributed by atoms with Crippen molar-refractivity contribution in [3.63, 3.8) is 0 Å². The Morgan fingerprint density at radius 1 is 1.29 bits per heavy atom. The van der Waals surface area contributed by atoms with Gasteiger partial charge in [0.25, 0.3) is 0 Å². The minimum Gasteiger partial charge on any atom is -0.385 e. The molecule has 0 aliphatic heterocycles. The van der Waals surface area contributed by atoms with Crippen LogP contribution in [0.4, 0.5) is 5.69 Å². The Bertz CT molecular complexity index is 539. The van der Waals surface area contributed by atoms with Crippen LogP contribution in [0.1, 0.15) is 19.8 Å². The molecule has 1 aromatic carbocycles. The van der Waals surface area contributed by atoms with Crippen LogP contribution in [0, 0.1) is 5.92 Å². The number of rotatable bonds is 9. The molecule has 0 atom stereocenters. The van der Waals surface area contributed by atoms with Crippen molar-refractivity contribution in [3.05, 3.63) is 24.3 Å². The van der Waals surface area contributed by atoms with Crippen LogP contribution in [0.15, 0.2) is 29.2 Å². The van der Waals surface area contributed by atoms with E-state index in [0.717, 1.165) is 18.8 Å². The summed E-state index contributed by atoms with van der Waals surface area (Å²) in [4.78, 5) is 0.314. The molecule has 1 aromatic rings. The maximum absolute atomic E-state index is 12.4. The molecule has 1 fully saturated rings. The highest BCUT2D eigenvalue weighted by atomic mass is 32.2. The highest BCUT2D eigenvalue weighted by molar-refractivity contribution is 7.89. The number of benzene rings is 1. The van der Waals surface area contributed by atoms with Crippen LogP contribution >= 0.6 is 0 Å². The van der Waals surface area contributed by atoms with Crippen LogP contribution in [-0.2, 0) is 14.8 Å². The molecule has 0 amide bonds. The number of nitrogens with one attached hydrogen (secondary N) is 1. The van der Waals surface area contributed by atoms with E-state index in [1.54, 1.807) is 31.3 Å². The number of hydrogen-bond donors (Lipinski definition) is 1. The molecule has 1 saturated carbocycles. The van der Waals surface area contributed by atoms with Crippen molar-refractivity contribution in [3.8, 4) is 0 Å². The first-order valence-electron chi connectivity index (χ1n) is 7.42. The van der Waals surface area contributed by atoms with Gasteiger partial charge >= 0.3 is 0 Å². The summed E-state index contributed by atoms with van der Waals surface area (Å²) in [5.41, 5.74) is 0.923. The van der Waals surface area contributed by atoms with Crippen LogP contribution in [0.3, 0.4) is 0 Å². The van der Waals surface area contributed by atoms with E-state index in [9.17, 15) is 8.42 Å². The van der Waals surface area contributed by atoms with Crippen molar-refractivity contribution < 1.29 is 13.2 Å². The predicted octanol–water partition coefficient (Wildman–Crippen LogP) is 2.17. The molecule has 6 heteroatoms. The molecule has 0 heterocycles. The Hall–Kier alpha value is -1.11. The second kappa shape index (κ2) is 7.24. The van der Waals surface area contributed by atoms with E-state index in [0.29, 0.717) is 24.0 Å². The van der Waals surface area contributed by atoms with Crippen molar-refractivity contribution in [2.45, 2.75) is 24.7 Å². The smallest absolute Gasteiger partial charge is 0.242 e. The van der Waals surface area contributed by atoms with Gasteiger partial charge in [0.15, 0.2) is 0 Å². The third-order valence-corrected chi connectivity index (χ3v) is 5.42. The first kappa shape index (κ1) is 16.3. The molecule has 1 N–H and O–H groups in total. The first-order chi connectivity index (χ1) is 10.0. The molecule has 0 radical (unpaired) electrons. The average molecular weight is 312 g/mol. The van der Waals surface area contributed by atoms with Gasteiger partial charge in [0.05, 0.1) is 11.5 Å². The number of hydrogen-bond acceptors (Lipinski definition) is 4. The van der Waals surface area contributed by atoms with Crippen molar-refractivity contribution in [1.29, 1.82) is 0 Å². The summed E-state index contributed by atoms with van der Waals surface area (Å²) in [6, 6.07) is 6.84. The lowest BCUT2D eigenvalue weighted by Crippen LogP contribution is -2.30. The third-order valence-electron chi connectivity index (χ3n) is 3.54. The Balaban J connectivity index is 1.88. The number of likely N-dealkylation sites (N-methyl/N-ethyl adjacent to an activating group) is 1. The molecule has 0 bridgehead atoms. The second-order valence-electron chi connectivity index (χ2n) is 5.40. The van der Waals surface area contributed by atoms with Crippen LogP contribution in [0.2, 0.25) is 0 Å². The van der Waals surface area contributed by atoms with Gasteiger partial charge in [-0.1, -0.05) is 0 Å². The first-order valence-corrected chi connectivity index (χ1v) is 8.86. The second-order valence-corrected chi connectivity index (χ2v) is 7.44. The maximum atomic E-state index is 12.4. The Morgan fingerprint density at radius 3 is 2.52 bits per heavy atom. The van der Waals surface area contributed by atoms with Crippen molar-refractivity contribution >= 4 is 15.7 Å². The van der Waals surface area contributed by atoms with E-state index in [-0.39, 0.29) is 0 Å². The number of nitrogens with zero attached hydrogens (tertiary/aromatic N) is 1. The maximum Gasteiger partial charge on any atom is 0.242 e. The van der Waals surface area contributed by atoms with Gasteiger partial charge in [-0.2, -0.15) is 4.31 Å². The van der Waals surface area contributed by atoms with Gasteiger partial charge in [0.1, 0.15) is 0 Å². The van der Waals surface area contributed by atoms with E-state index in [4.69, 9.17) is 4.74 Å². The Morgan fingerprint density at radius 2 is 1.95 bits per heavy atom. The standard InChI is InChI=1S/C15H24N2O3S/c1-3-16-14-6-8-15(9-7-14)21(18,19)17(2)10-11-20-12-13-4-5-13/h6-9,13,16H,3-5,10-12H2,1-2H3. The van der Waals surface area contributed by atoms with Crippen LogP contribution < -0.4 is 5.32 Å². The molecule has 21 heavy (non-hydrogen) atoms. The van der Waals surface area contributed by atoms with Crippen molar-refractivity contribution in [2.24, 2.45) is 5.92 Å². The fourth-order valence-corrected chi connectivity index (χ4v) is 3.13. The van der Waals surface area contributed by atoms with Gasteiger partial charge in [0.2, 0.25) is 10.0 Å². The molecular formula is C15H24N2O3S. The molecule has 2 rings (SSSR count). The normalized spacial score (nSPS) is 15.4. The summed E-state index contributed by atoms with van der Waals surface area (Å²) in [6.45, 7) is 4.39. The summed E-state index contributed by atoms with van der Waals surface area (Å²) < 4.78 is 31.6. The van der Waals surface area contributed by atoms with E-state index in [1.807, 2.05) is 6.92 Å². The van der Waals surface area contributed by atoms with Gasteiger partial charge < -0.3 is 10.1 Å². The van der Waals surface area contributed by atoms with Gasteiger partial charge in [-0.05, 0) is 49.9 Å². The lowest BCUT2D eigenvalue weighted by molar-refractivity contribution is 0.117. The minimum absolute atomic E-state index is 0.314. The molecule has 118 valence electrons. The molecule has 0 aromatic heterocycles. The van der Waals surface area contributed by atoms with Gasteiger partial charge in [0, 0.05) is 32.4 Å². The highest BCUT2D eigenvalue weighted by Crippen LogP contribution is 2.28. The van der Waals surface area contributed by atoms with E-state index >= 15 is 0 Å². The zero-order valence-electron chi connectivity index (χ0n) is 12.7. The van der Waals surface area contributed by atoms with Crippen LogP contribution in [0.25, 0.3) is 0 Å². The molecule has 1 aliphatic rings. The summed E-state index contributed by atoms with van der Waals surface area (Å²) in [6.07, 6.45) is 2.48. The molecule has 0 spiro atoms. The predicted molar refractivity (Wildman–Crippen MR) is 84.0 cm³/mol. The molecule has 1 aliphatic carbocycles. The lowest BCUT2D eigenvalue weighted by Gasteiger charge is -2.17. The molecule has 0 unspecified atom stereocenters.